The molecule has 2 atom stereocenters. The molecule has 0 aromatic carbocycles. The summed E-state index contributed by atoms with van der Waals surface area (Å²) in [5.74, 6) is -2.26. The number of nitrogens with zero attached hydrogens (tertiary/aromatic N) is 1. The minimum absolute atomic E-state index is 0.149. The molecule has 0 bridgehead atoms. The molecule has 0 aromatic rings. The highest BCUT2D eigenvalue weighted by molar-refractivity contribution is 5.70. The van der Waals surface area contributed by atoms with Gasteiger partial charge in [-0.25, -0.2) is 0 Å². The summed E-state index contributed by atoms with van der Waals surface area (Å²) in [5.41, 5.74) is 0. The monoisotopic (exact) mass is 1110 g/mol. The Morgan fingerprint density at radius 1 is 0.392 bits per heavy atom. The predicted molar refractivity (Wildman–Crippen MR) is 334 cm³/mol. The van der Waals surface area contributed by atoms with E-state index in [-0.39, 0.29) is 32.2 Å². The Balaban J connectivity index is 3.99. The van der Waals surface area contributed by atoms with E-state index in [1.54, 1.807) is 0 Å². The zero-order chi connectivity index (χ0) is 57.6. The molecule has 0 aliphatic rings. The van der Waals surface area contributed by atoms with Gasteiger partial charge in [0.25, 0.3) is 0 Å². The maximum absolute atomic E-state index is 12.9. The average molecular weight is 1110 g/mol. The third-order valence-electron chi connectivity index (χ3n) is 14.5. The number of quaternary nitrogens is 1. The number of hydrogen-bond donors (Lipinski definition) is 0. The average Bonchev–Trinajstić information content (AvgIpc) is 3.42. The van der Waals surface area contributed by atoms with E-state index in [9.17, 15) is 19.5 Å². The van der Waals surface area contributed by atoms with Gasteiger partial charge in [0, 0.05) is 12.8 Å². The molecule has 0 heterocycles. The molecule has 0 spiro atoms. The maximum atomic E-state index is 12.9. The fraction of sp³-hybridized carbons (Fsp3) is 0.786. The van der Waals surface area contributed by atoms with Crippen molar-refractivity contribution in [2.75, 3.05) is 47.5 Å². The van der Waals surface area contributed by atoms with Crippen LogP contribution in [-0.2, 0) is 33.3 Å². The number of carbonyl (C=O) groups is 3. The summed E-state index contributed by atoms with van der Waals surface area (Å²) in [6.45, 7) is 4.67. The van der Waals surface area contributed by atoms with E-state index >= 15 is 0 Å². The molecule has 0 saturated heterocycles. The molecule has 0 N–H and O–H groups in total. The summed E-state index contributed by atoms with van der Waals surface area (Å²) in [6.07, 6.45) is 77.0. The van der Waals surface area contributed by atoms with Crippen LogP contribution in [0.4, 0.5) is 0 Å². The van der Waals surface area contributed by atoms with Crippen LogP contribution in [0, 0.1) is 0 Å². The molecule has 0 rings (SSSR count). The Morgan fingerprint density at radius 2 is 0.722 bits per heavy atom. The van der Waals surface area contributed by atoms with Gasteiger partial charge in [0.1, 0.15) is 13.2 Å². The quantitative estimate of drug-likeness (QED) is 0.0195. The first kappa shape index (κ1) is 75.7. The standard InChI is InChI=1S/C70H125NO8/c1-6-8-10-12-14-16-18-20-22-23-24-25-26-27-28-29-30-31-32-33-34-35-36-37-38-39-40-41-42-43-44-45-47-49-51-53-55-57-59-61-68(73)79-66(65-78-70(69(74)75)76-63-62-71(3,4)5)64-77-67(72)60-58-56-54-52-50-48-46-21-19-17-15-13-11-9-7-2/h8,10,14,16,20,22,24-25,27-28,30-31,66,70H,6-7,9,11-13,15,17-19,21,23,26,29,32-65H2,1-5H3/b10-8-,16-14-,22-20-,25-24-,28-27-,31-30-. The van der Waals surface area contributed by atoms with Crippen LogP contribution in [0.25, 0.3) is 0 Å². The molecule has 0 saturated carbocycles. The van der Waals surface area contributed by atoms with E-state index in [0.717, 1.165) is 70.6 Å². The summed E-state index contributed by atoms with van der Waals surface area (Å²) in [4.78, 5) is 37.3. The molecule has 0 aliphatic carbocycles. The van der Waals surface area contributed by atoms with Crippen molar-refractivity contribution < 1.29 is 42.9 Å². The molecule has 0 radical (unpaired) electrons. The van der Waals surface area contributed by atoms with Crippen molar-refractivity contribution in [2.45, 2.75) is 309 Å². The van der Waals surface area contributed by atoms with E-state index in [2.05, 4.69) is 86.8 Å². The molecule has 0 aromatic heterocycles. The second-order valence-corrected chi connectivity index (χ2v) is 23.4. The minimum Gasteiger partial charge on any atom is -0.545 e. The number of aliphatic carboxylic acids is 1. The molecule has 0 amide bonds. The summed E-state index contributed by atoms with van der Waals surface area (Å²) < 4.78 is 22.7. The molecular formula is C70H125NO8. The van der Waals surface area contributed by atoms with E-state index in [0.29, 0.717) is 23.9 Å². The number of rotatable bonds is 61. The largest absolute Gasteiger partial charge is 0.545 e. The third kappa shape index (κ3) is 62.2. The van der Waals surface area contributed by atoms with Crippen molar-refractivity contribution in [3.05, 3.63) is 72.9 Å². The highest BCUT2D eigenvalue weighted by Crippen LogP contribution is 2.18. The topological polar surface area (TPSA) is 111 Å². The van der Waals surface area contributed by atoms with Gasteiger partial charge in [-0.3, -0.25) is 9.59 Å². The summed E-state index contributed by atoms with van der Waals surface area (Å²) in [5, 5.41) is 11.8. The molecule has 79 heavy (non-hydrogen) atoms. The first-order valence-corrected chi connectivity index (χ1v) is 33.1. The SMILES string of the molecule is CC/C=C\C/C=C\C/C=C\C/C=C\C/C=C\C/C=C\CCCCCCCCCCCCCCCCCCCCCCC(=O)OC(COC(=O)CCCCCCCCCCCCCCCCC)COC(OCC[N+](C)(C)C)C(=O)[O-]. The normalized spacial score (nSPS) is 13.2. The van der Waals surface area contributed by atoms with E-state index < -0.39 is 24.3 Å². The minimum atomic E-state index is -1.62. The summed E-state index contributed by atoms with van der Waals surface area (Å²) in [7, 11) is 5.93. The van der Waals surface area contributed by atoms with Crippen LogP contribution < -0.4 is 5.11 Å². The molecular weight excluding hydrogens is 983 g/mol. The van der Waals surface area contributed by atoms with Crippen molar-refractivity contribution in [2.24, 2.45) is 0 Å². The lowest BCUT2D eigenvalue weighted by Crippen LogP contribution is -2.44. The van der Waals surface area contributed by atoms with E-state index in [1.165, 1.54) is 193 Å². The highest BCUT2D eigenvalue weighted by Gasteiger charge is 2.22. The van der Waals surface area contributed by atoms with Crippen LogP contribution in [0.15, 0.2) is 72.9 Å². The molecule has 2 unspecified atom stereocenters. The van der Waals surface area contributed by atoms with Crippen LogP contribution >= 0.6 is 0 Å². The van der Waals surface area contributed by atoms with Crippen molar-refractivity contribution in [1.82, 2.24) is 0 Å². The van der Waals surface area contributed by atoms with Gasteiger partial charge >= 0.3 is 11.9 Å². The van der Waals surface area contributed by atoms with Gasteiger partial charge in [-0.2, -0.15) is 0 Å². The summed E-state index contributed by atoms with van der Waals surface area (Å²) in [6, 6.07) is 0. The van der Waals surface area contributed by atoms with Crippen LogP contribution in [0.3, 0.4) is 0 Å². The van der Waals surface area contributed by atoms with Crippen LogP contribution in [0.2, 0.25) is 0 Å². The number of hydrogen-bond acceptors (Lipinski definition) is 8. The van der Waals surface area contributed by atoms with Crippen LogP contribution in [-0.4, -0.2) is 82.3 Å². The molecule has 0 fully saturated rings. The van der Waals surface area contributed by atoms with Gasteiger partial charge in [-0.15, -0.1) is 0 Å². The Morgan fingerprint density at radius 3 is 1.08 bits per heavy atom. The van der Waals surface area contributed by atoms with Crippen molar-refractivity contribution in [1.29, 1.82) is 0 Å². The Hall–Kier alpha value is -3.27. The van der Waals surface area contributed by atoms with Gasteiger partial charge in [0.2, 0.25) is 0 Å². The number of carbonyl (C=O) groups excluding carboxylic acids is 3. The molecule has 9 nitrogen and oxygen atoms in total. The fourth-order valence-electron chi connectivity index (χ4n) is 9.43. The van der Waals surface area contributed by atoms with Gasteiger partial charge in [-0.1, -0.05) is 292 Å². The molecule has 458 valence electrons. The third-order valence-corrected chi connectivity index (χ3v) is 14.5. The van der Waals surface area contributed by atoms with Crippen molar-refractivity contribution in [3.8, 4) is 0 Å². The smallest absolute Gasteiger partial charge is 0.306 e. The number of likely N-dealkylation sites (N-methyl/N-ethyl adjacent to an activating group) is 1. The van der Waals surface area contributed by atoms with Gasteiger partial charge in [0.15, 0.2) is 12.4 Å². The van der Waals surface area contributed by atoms with E-state index in [4.69, 9.17) is 18.9 Å². The lowest BCUT2D eigenvalue weighted by molar-refractivity contribution is -0.870. The number of carboxylic acids is 1. The number of unbranched alkanes of at least 4 members (excludes halogenated alkanes) is 34. The Labute approximate surface area is 487 Å². The number of allylic oxidation sites excluding steroid dienone is 12. The number of carboxylic acid groups (broad SMARTS) is 1. The second-order valence-electron chi connectivity index (χ2n) is 23.4. The van der Waals surface area contributed by atoms with E-state index in [1.807, 2.05) is 21.1 Å². The first-order chi connectivity index (χ1) is 38.6. The summed E-state index contributed by atoms with van der Waals surface area (Å²) >= 11 is 0. The van der Waals surface area contributed by atoms with Crippen LogP contribution in [0.1, 0.15) is 296 Å². The van der Waals surface area contributed by atoms with Gasteiger partial charge < -0.3 is 33.3 Å². The highest BCUT2D eigenvalue weighted by atomic mass is 16.7. The van der Waals surface area contributed by atoms with Crippen molar-refractivity contribution in [3.63, 3.8) is 0 Å². The maximum Gasteiger partial charge on any atom is 0.306 e. The molecule has 0 aliphatic heterocycles. The molecule has 9 heteroatoms. The Kier molecular flexibility index (Phi) is 58.3. The van der Waals surface area contributed by atoms with Crippen LogP contribution in [0.5, 0.6) is 0 Å². The number of esters is 2. The van der Waals surface area contributed by atoms with Crippen molar-refractivity contribution >= 4 is 17.9 Å². The zero-order valence-electron chi connectivity index (χ0n) is 52.2. The fourth-order valence-corrected chi connectivity index (χ4v) is 9.43. The van der Waals surface area contributed by atoms with Gasteiger partial charge in [0.05, 0.1) is 40.3 Å². The Bertz CT molecular complexity index is 1520. The first-order valence-electron chi connectivity index (χ1n) is 33.1. The van der Waals surface area contributed by atoms with Gasteiger partial charge in [-0.05, 0) is 64.2 Å². The second kappa shape index (κ2) is 60.8. The number of ether oxygens (including phenoxy) is 4. The lowest BCUT2D eigenvalue weighted by Gasteiger charge is -2.26. The zero-order valence-corrected chi connectivity index (χ0v) is 52.2. The lowest BCUT2D eigenvalue weighted by atomic mass is 10.0. The predicted octanol–water partition coefficient (Wildman–Crippen LogP) is 18.8.